The molecule has 3 aliphatic rings. The molecule has 2 aliphatic heterocycles. The summed E-state index contributed by atoms with van der Waals surface area (Å²) in [5.74, 6) is -3.34. The number of thiophene rings is 1. The van der Waals surface area contributed by atoms with Crippen LogP contribution in [0.4, 0.5) is 5.00 Å². The highest BCUT2D eigenvalue weighted by Gasteiger charge is 2.55. The third-order valence-electron chi connectivity index (χ3n) is 7.50. The molecule has 1 aliphatic carbocycles. The molecule has 4 atom stereocenters. The fraction of sp³-hybridized carbons (Fsp3) is 0.731. The van der Waals surface area contributed by atoms with Crippen LogP contribution in [0.3, 0.4) is 0 Å². The number of aliphatic carboxylic acids is 1. The quantitative estimate of drug-likeness (QED) is 0.538. The largest absolute Gasteiger partial charge is 0.481 e. The van der Waals surface area contributed by atoms with Gasteiger partial charge in [-0.15, -0.1) is 11.3 Å². The number of carbonyl (C=O) groups is 3. The normalized spacial score (nSPS) is 27.7. The summed E-state index contributed by atoms with van der Waals surface area (Å²) in [4.78, 5) is 39.4. The lowest BCUT2D eigenvalue weighted by molar-refractivity contribution is -0.147. The molecule has 4 rings (SSSR count). The van der Waals surface area contributed by atoms with Crippen molar-refractivity contribution in [2.24, 2.45) is 11.8 Å². The molecule has 7 nitrogen and oxygen atoms in total. The number of fused-ring (bicyclic) bond motifs is 3. The van der Waals surface area contributed by atoms with Crippen LogP contribution in [-0.4, -0.2) is 41.8 Å². The number of carboxylic acid groups (broad SMARTS) is 1. The Hall–Kier alpha value is -1.93. The van der Waals surface area contributed by atoms with E-state index in [9.17, 15) is 19.5 Å². The van der Waals surface area contributed by atoms with Gasteiger partial charge in [-0.3, -0.25) is 9.59 Å². The van der Waals surface area contributed by atoms with Crippen LogP contribution >= 0.6 is 11.3 Å². The molecule has 2 N–H and O–H groups in total. The summed E-state index contributed by atoms with van der Waals surface area (Å²) in [6, 6.07) is 0. The summed E-state index contributed by atoms with van der Waals surface area (Å²) in [5, 5.41) is 13.2. The van der Waals surface area contributed by atoms with Crippen molar-refractivity contribution in [2.45, 2.75) is 103 Å². The molecule has 1 amide bonds. The maximum Gasteiger partial charge on any atom is 0.341 e. The lowest BCUT2D eigenvalue weighted by atomic mass is 9.78. The topological polar surface area (TPSA) is 102 Å². The Labute approximate surface area is 205 Å². The molecule has 0 saturated carbocycles. The van der Waals surface area contributed by atoms with E-state index in [1.807, 2.05) is 0 Å². The van der Waals surface area contributed by atoms with Gasteiger partial charge in [-0.2, -0.15) is 0 Å². The van der Waals surface area contributed by atoms with Crippen molar-refractivity contribution in [3.05, 3.63) is 16.0 Å². The summed E-state index contributed by atoms with van der Waals surface area (Å²) in [6.07, 6.45) is 12.9. The van der Waals surface area contributed by atoms with E-state index < -0.39 is 29.9 Å². The van der Waals surface area contributed by atoms with Crippen LogP contribution in [0.1, 0.15) is 98.4 Å². The fourth-order valence-corrected chi connectivity index (χ4v) is 7.11. The summed E-state index contributed by atoms with van der Waals surface area (Å²) in [7, 11) is 0. The third kappa shape index (κ3) is 5.48. The number of carbonyl (C=O) groups excluding carboxylic acids is 2. The number of amides is 1. The minimum atomic E-state index is -0.994. The Balaban J connectivity index is 1.61. The molecule has 34 heavy (non-hydrogen) atoms. The molecule has 2 fully saturated rings. The fourth-order valence-electron chi connectivity index (χ4n) is 5.83. The smallest absolute Gasteiger partial charge is 0.341 e. The lowest BCUT2D eigenvalue weighted by Crippen LogP contribution is -2.41. The van der Waals surface area contributed by atoms with E-state index in [0.29, 0.717) is 23.4 Å². The maximum atomic E-state index is 13.3. The Morgan fingerprint density at radius 1 is 0.941 bits per heavy atom. The zero-order chi connectivity index (χ0) is 24.1. The van der Waals surface area contributed by atoms with Gasteiger partial charge in [0.15, 0.2) is 0 Å². The van der Waals surface area contributed by atoms with Crippen LogP contribution in [0.5, 0.6) is 0 Å². The number of aryl methyl sites for hydroxylation is 1. The molecule has 2 bridgehead atoms. The van der Waals surface area contributed by atoms with Crippen LogP contribution in [0.15, 0.2) is 0 Å². The second-order valence-corrected chi connectivity index (χ2v) is 10.9. The number of anilines is 1. The lowest BCUT2D eigenvalue weighted by Gasteiger charge is -2.23. The van der Waals surface area contributed by atoms with Gasteiger partial charge >= 0.3 is 11.9 Å². The van der Waals surface area contributed by atoms with E-state index >= 15 is 0 Å². The van der Waals surface area contributed by atoms with E-state index in [1.165, 1.54) is 43.4 Å². The van der Waals surface area contributed by atoms with Gasteiger partial charge in [-0.05, 0) is 51.0 Å². The van der Waals surface area contributed by atoms with Gasteiger partial charge in [0.25, 0.3) is 0 Å². The summed E-state index contributed by atoms with van der Waals surface area (Å²) in [5.41, 5.74) is 1.48. The van der Waals surface area contributed by atoms with Crippen molar-refractivity contribution in [3.63, 3.8) is 0 Å². The number of ether oxygens (including phenoxy) is 2. The molecular weight excluding hydrogens is 454 g/mol. The van der Waals surface area contributed by atoms with Crippen LogP contribution in [0, 0.1) is 11.8 Å². The van der Waals surface area contributed by atoms with Crippen molar-refractivity contribution < 1.29 is 29.0 Å². The van der Waals surface area contributed by atoms with Crippen LogP contribution < -0.4 is 5.32 Å². The number of rotatable bonds is 5. The average Bonchev–Trinajstić information content (AvgIpc) is 3.50. The van der Waals surface area contributed by atoms with E-state index in [2.05, 4.69) is 5.32 Å². The minimum absolute atomic E-state index is 0.262. The zero-order valence-corrected chi connectivity index (χ0v) is 20.9. The van der Waals surface area contributed by atoms with Gasteiger partial charge in [0, 0.05) is 4.88 Å². The molecule has 188 valence electrons. The first-order valence-electron chi connectivity index (χ1n) is 13.0. The predicted molar refractivity (Wildman–Crippen MR) is 130 cm³/mol. The molecule has 3 heterocycles. The second kappa shape index (κ2) is 11.7. The van der Waals surface area contributed by atoms with Crippen molar-refractivity contribution in [2.75, 3.05) is 11.9 Å². The highest BCUT2D eigenvalue weighted by Crippen LogP contribution is 2.45. The Bertz CT molecular complexity index is 896. The first kappa shape index (κ1) is 25.2. The summed E-state index contributed by atoms with van der Waals surface area (Å²) >= 11 is 1.47. The Morgan fingerprint density at radius 3 is 2.15 bits per heavy atom. The number of nitrogens with one attached hydrogen (secondary N) is 1. The Kier molecular flexibility index (Phi) is 8.64. The SMILES string of the molecule is CCOC(=O)c1c(NC(=O)[C@H]2[C@@H](C(=O)O)[C@H]3CC[C@@H]2O3)sc2c1CCCCCCCCCCC2. The highest BCUT2D eigenvalue weighted by molar-refractivity contribution is 7.17. The first-order valence-corrected chi connectivity index (χ1v) is 13.8. The van der Waals surface area contributed by atoms with Crippen molar-refractivity contribution in [3.8, 4) is 0 Å². The highest BCUT2D eigenvalue weighted by atomic mass is 32.1. The molecule has 0 aromatic carbocycles. The molecule has 1 aromatic rings. The van der Waals surface area contributed by atoms with Crippen LogP contribution in [0.25, 0.3) is 0 Å². The van der Waals surface area contributed by atoms with Crippen molar-refractivity contribution in [1.82, 2.24) is 0 Å². The number of hydrogen-bond donors (Lipinski definition) is 2. The molecule has 0 radical (unpaired) electrons. The second-order valence-electron chi connectivity index (χ2n) is 9.78. The van der Waals surface area contributed by atoms with Crippen LogP contribution in [0.2, 0.25) is 0 Å². The molecule has 8 heteroatoms. The maximum absolute atomic E-state index is 13.3. The van der Waals surface area contributed by atoms with Crippen LogP contribution in [-0.2, 0) is 31.9 Å². The van der Waals surface area contributed by atoms with Crippen molar-refractivity contribution >= 4 is 34.2 Å². The third-order valence-corrected chi connectivity index (χ3v) is 8.71. The van der Waals surface area contributed by atoms with Gasteiger partial charge < -0.3 is 19.9 Å². The van der Waals surface area contributed by atoms with E-state index in [-0.39, 0.29) is 18.6 Å². The molecule has 0 unspecified atom stereocenters. The minimum Gasteiger partial charge on any atom is -0.481 e. The van der Waals surface area contributed by atoms with Gasteiger partial charge in [-0.25, -0.2) is 4.79 Å². The monoisotopic (exact) mass is 491 g/mol. The zero-order valence-electron chi connectivity index (χ0n) is 20.1. The first-order chi connectivity index (χ1) is 16.5. The van der Waals surface area contributed by atoms with E-state index in [1.54, 1.807) is 6.92 Å². The van der Waals surface area contributed by atoms with Crippen molar-refractivity contribution in [1.29, 1.82) is 0 Å². The van der Waals surface area contributed by atoms with E-state index in [4.69, 9.17) is 9.47 Å². The van der Waals surface area contributed by atoms with Gasteiger partial charge in [-0.1, -0.05) is 44.9 Å². The number of esters is 1. The average molecular weight is 492 g/mol. The predicted octanol–water partition coefficient (Wildman–Crippen LogP) is 5.35. The summed E-state index contributed by atoms with van der Waals surface area (Å²) in [6.45, 7) is 2.04. The number of hydrogen-bond acceptors (Lipinski definition) is 6. The Morgan fingerprint density at radius 2 is 1.53 bits per heavy atom. The van der Waals surface area contributed by atoms with Gasteiger partial charge in [0.1, 0.15) is 5.00 Å². The van der Waals surface area contributed by atoms with E-state index in [0.717, 1.165) is 49.0 Å². The standard InChI is InChI=1S/C26H37NO6S/c1-2-32-26(31)20-16-12-10-8-6-4-3-5-7-9-11-13-19(16)34-24(20)27-23(28)21-17-14-15-18(33-17)22(21)25(29)30/h17-18,21-22H,2-15H2,1H3,(H,27,28)(H,29,30)/t17-,18+,21+,22-/m0/s1. The van der Waals surface area contributed by atoms with Gasteiger partial charge in [0.05, 0.1) is 36.2 Å². The molecule has 2 saturated heterocycles. The summed E-state index contributed by atoms with van der Waals surface area (Å²) < 4.78 is 11.2. The molecule has 1 aromatic heterocycles. The number of carboxylic acids is 1. The molecule has 0 spiro atoms. The van der Waals surface area contributed by atoms with Gasteiger partial charge in [0.2, 0.25) is 5.91 Å². The molecular formula is C26H37NO6S.